The van der Waals surface area contributed by atoms with Gasteiger partial charge in [0.1, 0.15) is 10.8 Å². The Morgan fingerprint density at radius 2 is 1.78 bits per heavy atom. The van der Waals surface area contributed by atoms with Gasteiger partial charge in [-0.1, -0.05) is 24.3 Å². The molecule has 1 heterocycles. The van der Waals surface area contributed by atoms with E-state index in [1.165, 1.54) is 24.5 Å². The Labute approximate surface area is 217 Å². The van der Waals surface area contributed by atoms with Crippen LogP contribution in [0.25, 0.3) is 10.2 Å². The Kier molecular flexibility index (Phi) is 8.11. The molecule has 37 heavy (non-hydrogen) atoms. The number of nitrogens with one attached hydrogen (secondary N) is 3. The number of hydrogen-bond donors (Lipinski definition) is 4. The Hall–Kier alpha value is -4.28. The zero-order valence-corrected chi connectivity index (χ0v) is 21.1. The summed E-state index contributed by atoms with van der Waals surface area (Å²) in [6.45, 7) is 2.46. The van der Waals surface area contributed by atoms with E-state index in [2.05, 4.69) is 20.9 Å². The molecule has 4 rings (SSSR count). The van der Waals surface area contributed by atoms with Crippen molar-refractivity contribution in [3.8, 4) is 5.75 Å². The number of carboxylic acids is 1. The van der Waals surface area contributed by atoms with Crippen molar-refractivity contribution in [2.24, 2.45) is 0 Å². The number of urea groups is 1. The quantitative estimate of drug-likeness (QED) is 0.236. The maximum atomic E-state index is 12.5. The Morgan fingerprint density at radius 1 is 1.00 bits per heavy atom. The average Bonchev–Trinajstić information content (AvgIpc) is 3.28. The van der Waals surface area contributed by atoms with E-state index in [9.17, 15) is 14.4 Å². The molecular formula is C27H26N4O5S. The SMILES string of the molecule is COc1cc(CC(=O)CNCc2nc3ccc(C(=O)O)cc3s2)ccc1NC(=O)Nc1ccccc1C. The number of aryl methyl sites for hydroxylation is 1. The van der Waals surface area contributed by atoms with Crippen molar-refractivity contribution in [1.29, 1.82) is 0 Å². The van der Waals surface area contributed by atoms with Crippen LogP contribution in [0, 0.1) is 6.92 Å². The lowest BCUT2D eigenvalue weighted by atomic mass is 10.1. The number of carbonyl (C=O) groups excluding carboxylic acids is 2. The lowest BCUT2D eigenvalue weighted by Crippen LogP contribution is -2.24. The molecule has 0 bridgehead atoms. The van der Waals surface area contributed by atoms with Crippen molar-refractivity contribution in [2.45, 2.75) is 19.9 Å². The summed E-state index contributed by atoms with van der Waals surface area (Å²) < 4.78 is 6.21. The molecule has 0 aliphatic rings. The highest BCUT2D eigenvalue weighted by Crippen LogP contribution is 2.27. The van der Waals surface area contributed by atoms with E-state index in [0.29, 0.717) is 23.7 Å². The normalized spacial score (nSPS) is 10.8. The van der Waals surface area contributed by atoms with Crippen LogP contribution in [0.5, 0.6) is 5.75 Å². The number of ketones is 1. The molecule has 1 aromatic heterocycles. The summed E-state index contributed by atoms with van der Waals surface area (Å²) >= 11 is 1.39. The smallest absolute Gasteiger partial charge is 0.335 e. The van der Waals surface area contributed by atoms with Gasteiger partial charge in [0.15, 0.2) is 5.78 Å². The van der Waals surface area contributed by atoms with Crippen molar-refractivity contribution < 1.29 is 24.2 Å². The van der Waals surface area contributed by atoms with Crippen LogP contribution in [0.3, 0.4) is 0 Å². The highest BCUT2D eigenvalue weighted by Gasteiger charge is 2.12. The number of benzene rings is 3. The van der Waals surface area contributed by atoms with Crippen molar-refractivity contribution >= 4 is 50.7 Å². The first-order valence-electron chi connectivity index (χ1n) is 11.5. The molecule has 0 aliphatic carbocycles. The molecule has 0 unspecified atom stereocenters. The van der Waals surface area contributed by atoms with E-state index in [4.69, 9.17) is 9.84 Å². The van der Waals surface area contributed by atoms with Gasteiger partial charge in [0.05, 0.1) is 35.1 Å². The van der Waals surface area contributed by atoms with E-state index in [1.54, 1.807) is 30.3 Å². The van der Waals surface area contributed by atoms with Crippen LogP contribution in [0.1, 0.15) is 26.5 Å². The second-order valence-corrected chi connectivity index (χ2v) is 9.46. The monoisotopic (exact) mass is 518 g/mol. The minimum Gasteiger partial charge on any atom is -0.495 e. The molecule has 9 nitrogen and oxygen atoms in total. The average molecular weight is 519 g/mol. The van der Waals surface area contributed by atoms with Crippen LogP contribution in [0.4, 0.5) is 16.2 Å². The first kappa shape index (κ1) is 25.8. The van der Waals surface area contributed by atoms with E-state index in [0.717, 1.165) is 26.4 Å². The molecule has 0 fully saturated rings. The number of amides is 2. The number of thiazole rings is 1. The summed E-state index contributed by atoms with van der Waals surface area (Å²) in [5.74, 6) is -0.547. The number of aromatic carboxylic acids is 1. The number of fused-ring (bicyclic) bond motifs is 1. The first-order valence-corrected chi connectivity index (χ1v) is 12.3. The number of carbonyl (C=O) groups is 3. The topological polar surface area (TPSA) is 130 Å². The van der Waals surface area contributed by atoms with Gasteiger partial charge in [0, 0.05) is 18.7 Å². The molecule has 3 aromatic carbocycles. The zero-order valence-electron chi connectivity index (χ0n) is 20.3. The molecule has 190 valence electrons. The minimum atomic E-state index is -0.980. The molecule has 2 amide bonds. The third-order valence-electron chi connectivity index (χ3n) is 5.59. The van der Waals surface area contributed by atoms with Crippen molar-refractivity contribution in [3.63, 3.8) is 0 Å². The number of carboxylic acid groups (broad SMARTS) is 1. The molecule has 0 radical (unpaired) electrons. The third-order valence-corrected chi connectivity index (χ3v) is 6.60. The van der Waals surface area contributed by atoms with Gasteiger partial charge in [0.2, 0.25) is 0 Å². The second-order valence-electron chi connectivity index (χ2n) is 8.34. The molecule has 0 saturated carbocycles. The van der Waals surface area contributed by atoms with E-state index in [-0.39, 0.29) is 24.3 Å². The van der Waals surface area contributed by atoms with Gasteiger partial charge in [-0.3, -0.25) is 4.79 Å². The molecule has 0 saturated heterocycles. The van der Waals surface area contributed by atoms with Gasteiger partial charge in [-0.15, -0.1) is 11.3 Å². The van der Waals surface area contributed by atoms with Gasteiger partial charge in [-0.25, -0.2) is 14.6 Å². The lowest BCUT2D eigenvalue weighted by molar-refractivity contribution is -0.117. The fourth-order valence-corrected chi connectivity index (χ4v) is 4.69. The minimum absolute atomic E-state index is 0.0191. The van der Waals surface area contributed by atoms with Crippen LogP contribution in [-0.4, -0.2) is 41.5 Å². The largest absolute Gasteiger partial charge is 0.495 e. The highest BCUT2D eigenvalue weighted by atomic mass is 32.1. The summed E-state index contributed by atoms with van der Waals surface area (Å²) in [5, 5.41) is 18.6. The fraction of sp³-hybridized carbons (Fsp3) is 0.185. The number of ether oxygens (including phenoxy) is 1. The van der Waals surface area contributed by atoms with E-state index >= 15 is 0 Å². The van der Waals surface area contributed by atoms with Crippen molar-refractivity contribution in [3.05, 3.63) is 82.4 Å². The van der Waals surface area contributed by atoms with Crippen LogP contribution in [-0.2, 0) is 17.8 Å². The number of anilines is 2. The molecule has 0 atom stereocenters. The van der Waals surface area contributed by atoms with Crippen LogP contribution >= 0.6 is 11.3 Å². The molecule has 0 aliphatic heterocycles. The maximum absolute atomic E-state index is 12.5. The van der Waals surface area contributed by atoms with Gasteiger partial charge < -0.3 is 25.8 Å². The Balaban J connectivity index is 1.30. The number of Topliss-reactive ketones (excluding diaryl/α,β-unsaturated/α-hetero) is 1. The van der Waals surface area contributed by atoms with Crippen molar-refractivity contribution in [1.82, 2.24) is 10.3 Å². The number of nitrogens with zero attached hydrogens (tertiary/aromatic N) is 1. The van der Waals surface area contributed by atoms with Crippen LogP contribution in [0.2, 0.25) is 0 Å². The number of methoxy groups -OCH3 is 1. The zero-order chi connectivity index (χ0) is 26.4. The van der Waals surface area contributed by atoms with Gasteiger partial charge >= 0.3 is 12.0 Å². The van der Waals surface area contributed by atoms with Crippen LogP contribution < -0.4 is 20.7 Å². The summed E-state index contributed by atoms with van der Waals surface area (Å²) in [6.07, 6.45) is 0.195. The fourth-order valence-electron chi connectivity index (χ4n) is 3.72. The van der Waals surface area contributed by atoms with Gasteiger partial charge in [-0.05, 0) is 54.4 Å². The van der Waals surface area contributed by atoms with Gasteiger partial charge in [-0.2, -0.15) is 0 Å². The molecule has 4 N–H and O–H groups in total. The maximum Gasteiger partial charge on any atom is 0.335 e. The van der Waals surface area contributed by atoms with E-state index in [1.807, 2.05) is 31.2 Å². The first-order chi connectivity index (χ1) is 17.8. The van der Waals surface area contributed by atoms with Crippen LogP contribution in [0.15, 0.2) is 60.7 Å². The summed E-state index contributed by atoms with van der Waals surface area (Å²) in [7, 11) is 1.50. The predicted octanol–water partition coefficient (Wildman–Crippen LogP) is 4.86. The number of hydrogen-bond acceptors (Lipinski definition) is 7. The second kappa shape index (κ2) is 11.6. The summed E-state index contributed by atoms with van der Waals surface area (Å²) in [6, 6.07) is 17.1. The van der Waals surface area contributed by atoms with E-state index < -0.39 is 12.0 Å². The lowest BCUT2D eigenvalue weighted by Gasteiger charge is -2.13. The Bertz CT molecular complexity index is 1470. The van der Waals surface area contributed by atoms with Crippen molar-refractivity contribution in [2.75, 3.05) is 24.3 Å². The third kappa shape index (κ3) is 6.69. The number of aromatic nitrogens is 1. The summed E-state index contributed by atoms with van der Waals surface area (Å²) in [5.41, 5.74) is 3.85. The number of para-hydroxylation sites is 1. The predicted molar refractivity (Wildman–Crippen MR) is 144 cm³/mol. The standard InChI is InChI=1S/C27H26N4O5S/c1-16-5-3-4-6-20(16)30-27(35)31-21-9-7-17(12-23(21)36-2)11-19(32)14-28-15-25-29-22-10-8-18(26(33)34)13-24(22)37-25/h3-10,12-13,28H,11,14-15H2,1-2H3,(H,33,34)(H2,30,31,35). The molecule has 4 aromatic rings. The summed E-state index contributed by atoms with van der Waals surface area (Å²) in [4.78, 5) is 40.6. The molecule has 10 heteroatoms. The Morgan fingerprint density at radius 3 is 2.54 bits per heavy atom. The highest BCUT2D eigenvalue weighted by molar-refractivity contribution is 7.18. The molecule has 0 spiro atoms. The number of rotatable bonds is 10. The van der Waals surface area contributed by atoms with Gasteiger partial charge in [0.25, 0.3) is 0 Å². The molecular weight excluding hydrogens is 492 g/mol.